The molecule has 2 aromatic carbocycles. The number of ether oxygens (including phenoxy) is 2. The van der Waals surface area contributed by atoms with Gasteiger partial charge in [-0.15, -0.1) is 0 Å². The number of aliphatic hydroxyl groups excluding tert-OH is 1. The number of benzene rings is 2. The van der Waals surface area contributed by atoms with E-state index in [1.807, 2.05) is 13.8 Å². The van der Waals surface area contributed by atoms with Crippen molar-refractivity contribution in [2.24, 2.45) is 0 Å². The molecule has 1 aromatic heterocycles. The lowest BCUT2D eigenvalue weighted by atomic mass is 9.95. The number of amides is 1. The standard InChI is InChI=1S/C26H24N2O5/c1-16(2)33-21-8-4-17(5-9-21)23-22(24(29)18-12-14-27-15-13-18)25(30)26(31)28(23)19-6-10-20(32-3)11-7-19/h4-16,23,29H,1-3H3/b24-22-. The number of rotatable bonds is 6. The predicted octanol–water partition coefficient (Wildman–Crippen LogP) is 4.50. The normalized spacial score (nSPS) is 17.5. The number of carbonyl (C=O) groups is 2. The largest absolute Gasteiger partial charge is 0.507 e. The third-order valence-corrected chi connectivity index (χ3v) is 5.32. The van der Waals surface area contributed by atoms with Gasteiger partial charge in [0.2, 0.25) is 0 Å². The first-order valence-corrected chi connectivity index (χ1v) is 10.5. The van der Waals surface area contributed by atoms with Crippen LogP contribution in [-0.2, 0) is 9.59 Å². The Morgan fingerprint density at radius 2 is 1.55 bits per heavy atom. The molecule has 1 atom stereocenters. The van der Waals surface area contributed by atoms with Gasteiger partial charge in [0, 0.05) is 23.6 Å². The van der Waals surface area contributed by atoms with Crippen molar-refractivity contribution in [3.8, 4) is 11.5 Å². The Morgan fingerprint density at radius 1 is 0.939 bits per heavy atom. The lowest BCUT2D eigenvalue weighted by Crippen LogP contribution is -2.29. The molecular weight excluding hydrogens is 420 g/mol. The van der Waals surface area contributed by atoms with E-state index in [0.717, 1.165) is 0 Å². The molecule has 0 aliphatic carbocycles. The molecule has 1 fully saturated rings. The summed E-state index contributed by atoms with van der Waals surface area (Å²) in [5.74, 6) is -0.432. The van der Waals surface area contributed by atoms with Crippen molar-refractivity contribution in [1.82, 2.24) is 4.98 Å². The van der Waals surface area contributed by atoms with Gasteiger partial charge in [-0.05, 0) is 67.9 Å². The van der Waals surface area contributed by atoms with Crippen LogP contribution in [0.5, 0.6) is 11.5 Å². The van der Waals surface area contributed by atoms with Crippen molar-refractivity contribution in [2.45, 2.75) is 26.0 Å². The maximum Gasteiger partial charge on any atom is 0.300 e. The van der Waals surface area contributed by atoms with E-state index >= 15 is 0 Å². The number of aromatic nitrogens is 1. The minimum Gasteiger partial charge on any atom is -0.507 e. The molecule has 0 radical (unpaired) electrons. The molecule has 7 nitrogen and oxygen atoms in total. The third kappa shape index (κ3) is 4.30. The summed E-state index contributed by atoms with van der Waals surface area (Å²) in [6.45, 7) is 3.86. The number of pyridine rings is 1. The smallest absolute Gasteiger partial charge is 0.300 e. The van der Waals surface area contributed by atoms with Crippen LogP contribution < -0.4 is 14.4 Å². The molecule has 1 amide bonds. The summed E-state index contributed by atoms with van der Waals surface area (Å²) >= 11 is 0. The lowest BCUT2D eigenvalue weighted by Gasteiger charge is -2.26. The van der Waals surface area contributed by atoms with Gasteiger partial charge in [-0.1, -0.05) is 12.1 Å². The summed E-state index contributed by atoms with van der Waals surface area (Å²) in [7, 11) is 1.55. The summed E-state index contributed by atoms with van der Waals surface area (Å²) in [5.41, 5.74) is 1.60. The zero-order chi connectivity index (χ0) is 23.5. The molecule has 1 N–H and O–H groups in total. The van der Waals surface area contributed by atoms with Gasteiger partial charge in [0.15, 0.2) is 0 Å². The zero-order valence-electron chi connectivity index (χ0n) is 18.6. The first kappa shape index (κ1) is 22.1. The van der Waals surface area contributed by atoms with Crippen LogP contribution >= 0.6 is 0 Å². The van der Waals surface area contributed by atoms with E-state index in [0.29, 0.717) is 28.3 Å². The van der Waals surface area contributed by atoms with E-state index in [4.69, 9.17) is 9.47 Å². The maximum atomic E-state index is 13.2. The van der Waals surface area contributed by atoms with Crippen LogP contribution in [0.25, 0.3) is 5.76 Å². The van der Waals surface area contributed by atoms with Gasteiger partial charge < -0.3 is 14.6 Å². The minimum atomic E-state index is -0.820. The van der Waals surface area contributed by atoms with Crippen LogP contribution in [0.2, 0.25) is 0 Å². The molecule has 1 aliphatic heterocycles. The second-order valence-electron chi connectivity index (χ2n) is 7.84. The van der Waals surface area contributed by atoms with Gasteiger partial charge in [-0.3, -0.25) is 19.5 Å². The van der Waals surface area contributed by atoms with Crippen molar-refractivity contribution in [1.29, 1.82) is 0 Å². The summed E-state index contributed by atoms with van der Waals surface area (Å²) in [4.78, 5) is 31.7. The molecule has 7 heteroatoms. The Hall–Kier alpha value is -4.13. The number of Topliss-reactive ketones (excluding diaryl/α,β-unsaturated/α-hetero) is 1. The Morgan fingerprint density at radius 3 is 2.12 bits per heavy atom. The summed E-state index contributed by atoms with van der Waals surface area (Å²) in [6.07, 6.45) is 3.04. The van der Waals surface area contributed by atoms with Gasteiger partial charge in [-0.25, -0.2) is 0 Å². The second kappa shape index (κ2) is 9.16. The highest BCUT2D eigenvalue weighted by atomic mass is 16.5. The summed E-state index contributed by atoms with van der Waals surface area (Å²) in [6, 6.07) is 16.4. The van der Waals surface area contributed by atoms with E-state index in [9.17, 15) is 14.7 Å². The van der Waals surface area contributed by atoms with E-state index < -0.39 is 17.7 Å². The van der Waals surface area contributed by atoms with Gasteiger partial charge >= 0.3 is 0 Å². The fourth-order valence-corrected chi connectivity index (χ4v) is 3.82. The molecular formula is C26H24N2O5. The molecule has 3 aromatic rings. The van der Waals surface area contributed by atoms with Crippen LogP contribution in [0.15, 0.2) is 78.6 Å². The Kier molecular flexibility index (Phi) is 6.13. The fourth-order valence-electron chi connectivity index (χ4n) is 3.82. The molecule has 1 aliphatic rings. The Labute approximate surface area is 191 Å². The number of carbonyl (C=O) groups excluding carboxylic acids is 2. The van der Waals surface area contributed by atoms with Gasteiger partial charge in [0.25, 0.3) is 11.7 Å². The van der Waals surface area contributed by atoms with Gasteiger partial charge in [0.05, 0.1) is 24.8 Å². The first-order chi connectivity index (χ1) is 15.9. The van der Waals surface area contributed by atoms with Crippen LogP contribution in [0.1, 0.15) is 31.0 Å². The Bertz CT molecular complexity index is 1190. The third-order valence-electron chi connectivity index (χ3n) is 5.32. The van der Waals surface area contributed by atoms with E-state index in [2.05, 4.69) is 4.98 Å². The SMILES string of the molecule is COc1ccc(N2C(=O)C(=O)/C(=C(\O)c3ccncc3)C2c2ccc(OC(C)C)cc2)cc1. The monoisotopic (exact) mass is 444 g/mol. The molecule has 0 saturated carbocycles. The van der Waals surface area contributed by atoms with Crippen molar-refractivity contribution < 1.29 is 24.2 Å². The topological polar surface area (TPSA) is 89.0 Å². The number of hydrogen-bond acceptors (Lipinski definition) is 6. The predicted molar refractivity (Wildman–Crippen MR) is 124 cm³/mol. The average Bonchev–Trinajstić information content (AvgIpc) is 3.10. The highest BCUT2D eigenvalue weighted by molar-refractivity contribution is 6.51. The summed E-state index contributed by atoms with van der Waals surface area (Å²) in [5, 5.41) is 11.1. The average molecular weight is 444 g/mol. The number of methoxy groups -OCH3 is 1. The van der Waals surface area contributed by atoms with Crippen molar-refractivity contribution in [3.63, 3.8) is 0 Å². The quantitative estimate of drug-likeness (QED) is 0.342. The maximum absolute atomic E-state index is 13.2. The Balaban J connectivity index is 1.86. The molecule has 1 saturated heterocycles. The lowest BCUT2D eigenvalue weighted by molar-refractivity contribution is -0.132. The minimum absolute atomic E-state index is 0.00692. The van der Waals surface area contributed by atoms with Gasteiger partial charge in [-0.2, -0.15) is 0 Å². The van der Waals surface area contributed by atoms with Crippen molar-refractivity contribution >= 4 is 23.1 Å². The van der Waals surface area contributed by atoms with E-state index in [1.54, 1.807) is 67.8 Å². The molecule has 2 heterocycles. The fraction of sp³-hybridized carbons (Fsp3) is 0.192. The van der Waals surface area contributed by atoms with E-state index in [-0.39, 0.29) is 17.4 Å². The zero-order valence-corrected chi connectivity index (χ0v) is 18.6. The van der Waals surface area contributed by atoms with Crippen molar-refractivity contribution in [2.75, 3.05) is 12.0 Å². The summed E-state index contributed by atoms with van der Waals surface area (Å²) < 4.78 is 10.9. The molecule has 1 unspecified atom stereocenters. The van der Waals surface area contributed by atoms with Crippen molar-refractivity contribution in [3.05, 3.63) is 89.8 Å². The molecule has 33 heavy (non-hydrogen) atoms. The van der Waals surface area contributed by atoms with Crippen LogP contribution in [-0.4, -0.2) is 35.0 Å². The van der Waals surface area contributed by atoms with Crippen LogP contribution in [0.3, 0.4) is 0 Å². The number of anilines is 1. The highest BCUT2D eigenvalue weighted by Crippen LogP contribution is 2.42. The first-order valence-electron chi connectivity index (χ1n) is 10.5. The molecule has 4 rings (SSSR count). The highest BCUT2D eigenvalue weighted by Gasteiger charge is 2.47. The van der Waals surface area contributed by atoms with E-state index in [1.165, 1.54) is 17.3 Å². The number of hydrogen-bond donors (Lipinski definition) is 1. The van der Waals surface area contributed by atoms with Gasteiger partial charge in [0.1, 0.15) is 17.3 Å². The second-order valence-corrected chi connectivity index (χ2v) is 7.84. The molecule has 168 valence electrons. The number of aliphatic hydroxyl groups is 1. The number of nitrogens with zero attached hydrogens (tertiary/aromatic N) is 2. The molecule has 0 bridgehead atoms. The van der Waals surface area contributed by atoms with Crippen LogP contribution in [0.4, 0.5) is 5.69 Å². The molecule has 0 spiro atoms. The van der Waals surface area contributed by atoms with Crippen LogP contribution in [0, 0.1) is 0 Å². The number of ketones is 1.